The minimum absolute atomic E-state index is 0.872. The largest absolute Gasteiger partial charge is 0.455 e. The standard InChI is InChI=1S/C66H42N2O/c1-3-18-52-44(14-1)28-29-47-40-48(33-37-53(47)52)54-19-5-9-24-61(54)67(62-25-10-6-20-55(62)49-34-38-59-60-39-32-45-15-2-4-21-56(45)66(60)69-65(59)42-49)50-35-30-43(31-36-50)46-16-13-17-51(41-46)68-63-26-11-7-22-57(63)58-23-8-12-27-64(58)68/h1-42H. The fourth-order valence-electron chi connectivity index (χ4n) is 10.9. The maximum atomic E-state index is 6.75. The maximum Gasteiger partial charge on any atom is 0.143 e. The monoisotopic (exact) mass is 878 g/mol. The quantitative estimate of drug-likeness (QED) is 0.149. The summed E-state index contributed by atoms with van der Waals surface area (Å²) in [4.78, 5) is 2.43. The van der Waals surface area contributed by atoms with Gasteiger partial charge in [0.05, 0.1) is 22.4 Å². The lowest BCUT2D eigenvalue weighted by atomic mass is 9.95. The van der Waals surface area contributed by atoms with E-state index < -0.39 is 0 Å². The van der Waals surface area contributed by atoms with Gasteiger partial charge in [-0.25, -0.2) is 0 Å². The molecule has 322 valence electrons. The molecule has 0 N–H and O–H groups in total. The van der Waals surface area contributed by atoms with E-state index in [9.17, 15) is 0 Å². The summed E-state index contributed by atoms with van der Waals surface area (Å²) >= 11 is 0. The molecule has 0 bridgehead atoms. The molecule has 14 aromatic rings. The molecule has 0 spiro atoms. The van der Waals surface area contributed by atoms with Gasteiger partial charge in [-0.15, -0.1) is 0 Å². The van der Waals surface area contributed by atoms with E-state index in [1.165, 1.54) is 48.7 Å². The minimum atomic E-state index is 0.872. The SMILES string of the molecule is c1cc(-c2ccc(N(c3ccccc3-c3ccc4c(ccc5ccccc54)c3)c3ccccc3-c3ccc4c(c3)oc3c5ccccc5ccc43)cc2)cc(-n2c3ccccc3c3ccccc32)c1. The second kappa shape index (κ2) is 15.7. The van der Waals surface area contributed by atoms with Crippen LogP contribution in [0.3, 0.4) is 0 Å². The molecule has 0 aliphatic carbocycles. The molecule has 0 aliphatic rings. The van der Waals surface area contributed by atoms with E-state index in [1.807, 2.05) is 0 Å². The molecule has 0 radical (unpaired) electrons. The average Bonchev–Trinajstić information content (AvgIpc) is 3.97. The fourth-order valence-corrected chi connectivity index (χ4v) is 10.9. The molecule has 0 fully saturated rings. The van der Waals surface area contributed by atoms with Crippen molar-refractivity contribution in [1.82, 2.24) is 4.57 Å². The minimum Gasteiger partial charge on any atom is -0.455 e. The Balaban J connectivity index is 0.924. The number of furan rings is 1. The van der Waals surface area contributed by atoms with Gasteiger partial charge in [0, 0.05) is 49.4 Å². The van der Waals surface area contributed by atoms with Gasteiger partial charge in [0.2, 0.25) is 0 Å². The van der Waals surface area contributed by atoms with E-state index in [-0.39, 0.29) is 0 Å². The topological polar surface area (TPSA) is 21.3 Å². The van der Waals surface area contributed by atoms with Crippen LogP contribution in [0.15, 0.2) is 259 Å². The number of anilines is 3. The second-order valence-corrected chi connectivity index (χ2v) is 18.0. The van der Waals surface area contributed by atoms with Crippen LogP contribution >= 0.6 is 0 Å². The summed E-state index contributed by atoms with van der Waals surface area (Å²) in [5.41, 5.74) is 15.3. The maximum absolute atomic E-state index is 6.75. The summed E-state index contributed by atoms with van der Waals surface area (Å²) in [5.74, 6) is 0. The zero-order chi connectivity index (χ0) is 45.4. The predicted octanol–water partition coefficient (Wildman–Crippen LogP) is 18.6. The van der Waals surface area contributed by atoms with Crippen molar-refractivity contribution in [3.05, 3.63) is 255 Å². The van der Waals surface area contributed by atoms with Crippen molar-refractivity contribution in [2.45, 2.75) is 0 Å². The Labute approximate surface area is 399 Å². The Morgan fingerprint density at radius 1 is 0.304 bits per heavy atom. The van der Waals surface area contributed by atoms with Crippen LogP contribution < -0.4 is 4.90 Å². The molecule has 0 amide bonds. The molecule has 2 aromatic heterocycles. The Bertz CT molecular complexity index is 4270. The highest BCUT2D eigenvalue weighted by Crippen LogP contribution is 2.47. The Morgan fingerprint density at radius 3 is 1.55 bits per heavy atom. The third-order valence-electron chi connectivity index (χ3n) is 14.2. The molecule has 0 atom stereocenters. The zero-order valence-corrected chi connectivity index (χ0v) is 37.6. The van der Waals surface area contributed by atoms with Crippen molar-refractivity contribution in [3.8, 4) is 39.1 Å². The molecular formula is C66H42N2O. The van der Waals surface area contributed by atoms with Gasteiger partial charge >= 0.3 is 0 Å². The number of benzene rings is 12. The van der Waals surface area contributed by atoms with Gasteiger partial charge in [-0.05, 0) is 122 Å². The first-order valence-corrected chi connectivity index (χ1v) is 23.7. The smallest absolute Gasteiger partial charge is 0.143 e. The summed E-state index contributed by atoms with van der Waals surface area (Å²) < 4.78 is 9.14. The predicted molar refractivity (Wildman–Crippen MR) is 292 cm³/mol. The molecule has 3 nitrogen and oxygen atoms in total. The number of fused-ring (bicyclic) bond motifs is 11. The first-order valence-electron chi connectivity index (χ1n) is 23.7. The molecular weight excluding hydrogens is 837 g/mol. The van der Waals surface area contributed by atoms with E-state index in [0.717, 1.165) is 83.5 Å². The van der Waals surface area contributed by atoms with Gasteiger partial charge in [-0.3, -0.25) is 0 Å². The van der Waals surface area contributed by atoms with Gasteiger partial charge in [0.25, 0.3) is 0 Å². The lowest BCUT2D eigenvalue weighted by molar-refractivity contribution is 0.673. The van der Waals surface area contributed by atoms with E-state index in [0.29, 0.717) is 0 Å². The second-order valence-electron chi connectivity index (χ2n) is 18.0. The number of hydrogen-bond donors (Lipinski definition) is 0. The van der Waals surface area contributed by atoms with Crippen molar-refractivity contribution in [1.29, 1.82) is 0 Å². The van der Waals surface area contributed by atoms with Gasteiger partial charge in [0.15, 0.2) is 0 Å². The fraction of sp³-hybridized carbons (Fsp3) is 0. The van der Waals surface area contributed by atoms with Crippen molar-refractivity contribution in [2.24, 2.45) is 0 Å². The van der Waals surface area contributed by atoms with E-state index in [1.54, 1.807) is 0 Å². The van der Waals surface area contributed by atoms with Crippen LogP contribution in [0, 0.1) is 0 Å². The summed E-state index contributed by atoms with van der Waals surface area (Å²) in [6, 6.07) is 92.6. The van der Waals surface area contributed by atoms with Crippen molar-refractivity contribution < 1.29 is 4.42 Å². The van der Waals surface area contributed by atoms with Gasteiger partial charge in [0.1, 0.15) is 11.2 Å². The van der Waals surface area contributed by atoms with Gasteiger partial charge in [-0.2, -0.15) is 0 Å². The Hall–Kier alpha value is -9.18. The summed E-state index contributed by atoms with van der Waals surface area (Å²) in [7, 11) is 0. The number of para-hydroxylation sites is 4. The molecule has 14 rings (SSSR count). The highest BCUT2D eigenvalue weighted by molar-refractivity contribution is 6.16. The van der Waals surface area contributed by atoms with Crippen LogP contribution in [0.25, 0.3) is 115 Å². The summed E-state index contributed by atoms with van der Waals surface area (Å²) in [5, 5.41) is 12.0. The molecule has 0 aliphatic heterocycles. The molecule has 2 heterocycles. The van der Waals surface area contributed by atoms with E-state index in [2.05, 4.69) is 264 Å². The molecule has 0 unspecified atom stereocenters. The molecule has 3 heteroatoms. The van der Waals surface area contributed by atoms with Crippen LogP contribution in [0.5, 0.6) is 0 Å². The number of hydrogen-bond acceptors (Lipinski definition) is 2. The first-order chi connectivity index (χ1) is 34.2. The summed E-state index contributed by atoms with van der Waals surface area (Å²) in [6.07, 6.45) is 0. The van der Waals surface area contributed by atoms with Crippen LogP contribution in [0.4, 0.5) is 17.1 Å². The van der Waals surface area contributed by atoms with Crippen LogP contribution in [0.1, 0.15) is 0 Å². The molecule has 0 saturated carbocycles. The average molecular weight is 879 g/mol. The van der Waals surface area contributed by atoms with Gasteiger partial charge in [-0.1, -0.05) is 182 Å². The number of nitrogens with zero attached hydrogens (tertiary/aromatic N) is 2. The lowest BCUT2D eigenvalue weighted by Crippen LogP contribution is -2.12. The van der Waals surface area contributed by atoms with Crippen LogP contribution in [-0.4, -0.2) is 4.57 Å². The molecule has 0 saturated heterocycles. The van der Waals surface area contributed by atoms with Crippen molar-refractivity contribution in [2.75, 3.05) is 4.90 Å². The third-order valence-corrected chi connectivity index (χ3v) is 14.2. The van der Waals surface area contributed by atoms with Crippen molar-refractivity contribution >= 4 is 93.1 Å². The first kappa shape index (κ1) is 39.0. The third kappa shape index (κ3) is 6.36. The zero-order valence-electron chi connectivity index (χ0n) is 37.6. The summed E-state index contributed by atoms with van der Waals surface area (Å²) in [6.45, 7) is 0. The Kier molecular flexibility index (Phi) is 8.90. The van der Waals surface area contributed by atoms with E-state index >= 15 is 0 Å². The normalized spacial score (nSPS) is 11.8. The van der Waals surface area contributed by atoms with Crippen molar-refractivity contribution in [3.63, 3.8) is 0 Å². The van der Waals surface area contributed by atoms with E-state index in [4.69, 9.17) is 4.42 Å². The lowest BCUT2D eigenvalue weighted by Gasteiger charge is -2.30. The number of aromatic nitrogens is 1. The van der Waals surface area contributed by atoms with Crippen LogP contribution in [-0.2, 0) is 0 Å². The molecule has 12 aromatic carbocycles. The number of rotatable bonds is 7. The van der Waals surface area contributed by atoms with Gasteiger partial charge < -0.3 is 13.9 Å². The van der Waals surface area contributed by atoms with Crippen LogP contribution in [0.2, 0.25) is 0 Å². The Morgan fingerprint density at radius 2 is 0.826 bits per heavy atom. The highest BCUT2D eigenvalue weighted by atomic mass is 16.3. The highest BCUT2D eigenvalue weighted by Gasteiger charge is 2.22. The molecule has 69 heavy (non-hydrogen) atoms.